The minimum atomic E-state index is 0.184. The highest BCUT2D eigenvalue weighted by Crippen LogP contribution is 2.24. The topological polar surface area (TPSA) is 41.1 Å². The normalized spacial score (nSPS) is 35.7. The molecule has 3 atom stereocenters. The zero-order valence-corrected chi connectivity index (χ0v) is 11.3. The molecule has 0 spiro atoms. The lowest BCUT2D eigenvalue weighted by Crippen LogP contribution is -2.49. The number of hydrogen-bond acceptors (Lipinski definition) is 4. The third-order valence-corrected chi connectivity index (χ3v) is 5.83. The predicted octanol–water partition coefficient (Wildman–Crippen LogP) is 1.09. The number of carbonyl (C=O) groups is 1. The number of piperidine rings is 1. The summed E-state index contributed by atoms with van der Waals surface area (Å²) in [5, 5.41) is 6.79. The summed E-state index contributed by atoms with van der Waals surface area (Å²) in [5.74, 6) is 3.55. The quantitative estimate of drug-likeness (QED) is 0.780. The molecule has 2 aliphatic rings. The molecule has 0 saturated carbocycles. The molecule has 5 heteroatoms. The molecule has 0 aromatic carbocycles. The van der Waals surface area contributed by atoms with Gasteiger partial charge in [-0.2, -0.15) is 11.8 Å². The van der Waals surface area contributed by atoms with Crippen molar-refractivity contribution in [2.75, 3.05) is 23.8 Å². The summed E-state index contributed by atoms with van der Waals surface area (Å²) >= 11 is 3.71. The van der Waals surface area contributed by atoms with Crippen LogP contribution in [0.2, 0.25) is 0 Å². The molecule has 2 fully saturated rings. The summed E-state index contributed by atoms with van der Waals surface area (Å²) in [7, 11) is 0. The summed E-state index contributed by atoms with van der Waals surface area (Å²) in [6.45, 7) is 3.21. The van der Waals surface area contributed by atoms with Crippen LogP contribution in [0.1, 0.15) is 19.8 Å². The molecule has 0 bridgehead atoms. The van der Waals surface area contributed by atoms with Crippen LogP contribution in [-0.2, 0) is 4.79 Å². The van der Waals surface area contributed by atoms with Crippen molar-refractivity contribution >= 4 is 29.4 Å². The van der Waals surface area contributed by atoms with Crippen LogP contribution in [0.25, 0.3) is 0 Å². The van der Waals surface area contributed by atoms with E-state index in [1.165, 1.54) is 5.75 Å². The van der Waals surface area contributed by atoms with Gasteiger partial charge in [-0.3, -0.25) is 4.79 Å². The van der Waals surface area contributed by atoms with Crippen molar-refractivity contribution in [2.24, 2.45) is 0 Å². The van der Waals surface area contributed by atoms with E-state index in [1.807, 2.05) is 23.5 Å². The predicted molar refractivity (Wildman–Crippen MR) is 72.2 cm³/mol. The largest absolute Gasteiger partial charge is 0.352 e. The highest BCUT2D eigenvalue weighted by molar-refractivity contribution is 8.07. The van der Waals surface area contributed by atoms with Gasteiger partial charge in [0.1, 0.15) is 0 Å². The Kier molecular flexibility index (Phi) is 4.85. The van der Waals surface area contributed by atoms with E-state index in [1.54, 1.807) is 0 Å². The number of thioether (sulfide) groups is 2. The van der Waals surface area contributed by atoms with Crippen molar-refractivity contribution in [2.45, 2.75) is 37.1 Å². The summed E-state index contributed by atoms with van der Waals surface area (Å²) in [4.78, 5) is 12.0. The van der Waals surface area contributed by atoms with Crippen molar-refractivity contribution in [1.29, 1.82) is 0 Å². The molecule has 16 heavy (non-hydrogen) atoms. The Hall–Kier alpha value is 0.130. The third-order valence-electron chi connectivity index (χ3n) is 3.08. The first-order chi connectivity index (χ1) is 7.75. The van der Waals surface area contributed by atoms with Crippen LogP contribution in [0.5, 0.6) is 0 Å². The van der Waals surface area contributed by atoms with Crippen molar-refractivity contribution in [1.82, 2.24) is 10.6 Å². The van der Waals surface area contributed by atoms with E-state index in [4.69, 9.17) is 0 Å². The van der Waals surface area contributed by atoms with Gasteiger partial charge >= 0.3 is 0 Å². The summed E-state index contributed by atoms with van der Waals surface area (Å²) in [6, 6.07) is 0.920. The van der Waals surface area contributed by atoms with Gasteiger partial charge in [0.05, 0.1) is 5.25 Å². The van der Waals surface area contributed by atoms with E-state index in [0.717, 1.165) is 30.9 Å². The first-order valence-electron chi connectivity index (χ1n) is 5.99. The fourth-order valence-corrected chi connectivity index (χ4v) is 4.76. The summed E-state index contributed by atoms with van der Waals surface area (Å²) in [6.07, 6.45) is 2.14. The molecule has 0 radical (unpaired) electrons. The maximum absolute atomic E-state index is 12.0. The molecule has 92 valence electrons. The van der Waals surface area contributed by atoms with Gasteiger partial charge < -0.3 is 10.6 Å². The number of nitrogens with one attached hydrogen (secondary N) is 2. The molecule has 2 heterocycles. The smallest absolute Gasteiger partial charge is 0.234 e. The monoisotopic (exact) mass is 260 g/mol. The second-order valence-electron chi connectivity index (χ2n) is 4.52. The molecule has 2 rings (SSSR count). The fourth-order valence-electron chi connectivity index (χ4n) is 2.20. The van der Waals surface area contributed by atoms with Crippen LogP contribution in [0.3, 0.4) is 0 Å². The van der Waals surface area contributed by atoms with Crippen LogP contribution in [-0.4, -0.2) is 47.0 Å². The average molecular weight is 260 g/mol. The number of amides is 1. The second-order valence-corrected chi connectivity index (χ2v) is 6.98. The zero-order chi connectivity index (χ0) is 11.4. The lowest BCUT2D eigenvalue weighted by Gasteiger charge is -2.30. The van der Waals surface area contributed by atoms with Gasteiger partial charge in [-0.15, -0.1) is 11.8 Å². The van der Waals surface area contributed by atoms with Gasteiger partial charge in [0.25, 0.3) is 0 Å². The van der Waals surface area contributed by atoms with Crippen molar-refractivity contribution in [3.05, 3.63) is 0 Å². The Balaban J connectivity index is 1.77. The minimum Gasteiger partial charge on any atom is -0.352 e. The van der Waals surface area contributed by atoms with E-state index in [9.17, 15) is 4.79 Å². The Bertz CT molecular complexity index is 244. The van der Waals surface area contributed by atoms with E-state index in [2.05, 4.69) is 17.6 Å². The summed E-state index contributed by atoms with van der Waals surface area (Å²) in [5.41, 5.74) is 0. The molecule has 2 N–H and O–H groups in total. The first-order valence-corrected chi connectivity index (χ1v) is 8.19. The van der Waals surface area contributed by atoms with Crippen molar-refractivity contribution in [3.8, 4) is 0 Å². The average Bonchev–Trinajstić information content (AvgIpc) is 2.30. The number of carbonyl (C=O) groups excluding carboxylic acids is 1. The fraction of sp³-hybridized carbons (Fsp3) is 0.909. The lowest BCUT2D eigenvalue weighted by molar-refractivity contribution is -0.121. The Labute approximate surface area is 106 Å². The SMILES string of the molecule is CC1CC(NC(=O)C2CSCCS2)CCN1. The Morgan fingerprint density at radius 1 is 1.44 bits per heavy atom. The molecule has 0 aromatic heterocycles. The first kappa shape index (κ1) is 12.6. The molecule has 3 nitrogen and oxygen atoms in total. The van der Waals surface area contributed by atoms with E-state index < -0.39 is 0 Å². The van der Waals surface area contributed by atoms with E-state index >= 15 is 0 Å². The molecular weight excluding hydrogens is 240 g/mol. The van der Waals surface area contributed by atoms with E-state index in [0.29, 0.717) is 12.1 Å². The maximum Gasteiger partial charge on any atom is 0.234 e. The number of hydrogen-bond donors (Lipinski definition) is 2. The van der Waals surface area contributed by atoms with Gasteiger partial charge in [-0.1, -0.05) is 0 Å². The van der Waals surface area contributed by atoms with Crippen LogP contribution in [0, 0.1) is 0 Å². The summed E-state index contributed by atoms with van der Waals surface area (Å²) < 4.78 is 0. The van der Waals surface area contributed by atoms with Crippen LogP contribution in [0.4, 0.5) is 0 Å². The van der Waals surface area contributed by atoms with E-state index in [-0.39, 0.29) is 11.2 Å². The van der Waals surface area contributed by atoms with Gasteiger partial charge in [0.15, 0.2) is 0 Å². The number of rotatable bonds is 2. The zero-order valence-electron chi connectivity index (χ0n) is 9.70. The van der Waals surface area contributed by atoms with Gasteiger partial charge in [-0.25, -0.2) is 0 Å². The van der Waals surface area contributed by atoms with Crippen molar-refractivity contribution < 1.29 is 4.79 Å². The Morgan fingerprint density at radius 3 is 3.00 bits per heavy atom. The van der Waals surface area contributed by atoms with Crippen molar-refractivity contribution in [3.63, 3.8) is 0 Å². The highest BCUT2D eigenvalue weighted by Gasteiger charge is 2.26. The molecule has 1 amide bonds. The van der Waals surface area contributed by atoms with Gasteiger partial charge in [-0.05, 0) is 26.3 Å². The molecule has 0 aromatic rings. The van der Waals surface area contributed by atoms with Gasteiger partial charge in [0, 0.05) is 29.3 Å². The standard InChI is InChI=1S/C11H20N2OS2/c1-8-6-9(2-3-12-8)13-11(14)10-7-15-4-5-16-10/h8-10,12H,2-7H2,1H3,(H,13,14). The minimum absolute atomic E-state index is 0.184. The third kappa shape index (κ3) is 3.57. The maximum atomic E-state index is 12.0. The van der Waals surface area contributed by atoms with Crippen LogP contribution in [0.15, 0.2) is 0 Å². The van der Waals surface area contributed by atoms with Crippen LogP contribution < -0.4 is 10.6 Å². The molecule has 3 unspecified atom stereocenters. The highest BCUT2D eigenvalue weighted by atomic mass is 32.2. The second kappa shape index (κ2) is 6.17. The lowest BCUT2D eigenvalue weighted by atomic mass is 10.0. The molecular formula is C11H20N2OS2. The molecule has 2 aliphatic heterocycles. The molecule has 2 saturated heterocycles. The van der Waals surface area contributed by atoms with Crippen LogP contribution >= 0.6 is 23.5 Å². The molecule has 0 aliphatic carbocycles. The van der Waals surface area contributed by atoms with Gasteiger partial charge in [0.2, 0.25) is 5.91 Å². The Morgan fingerprint density at radius 2 is 2.31 bits per heavy atom.